The standard InChI is InChI=1S/C25H30FN5O2/c1-28(2)24(32)18-30-13-11-29(12-14-30)16-19-17-31(20-7-5-4-6-8-20)27-25(19)22-10-9-21(33-3)15-23(22)26/h4-10,15,17H,11-14,16,18H2,1-3H3. The average molecular weight is 452 g/mol. The topological polar surface area (TPSA) is 53.8 Å². The van der Waals surface area contributed by atoms with Gasteiger partial charge in [-0.15, -0.1) is 0 Å². The van der Waals surface area contributed by atoms with E-state index >= 15 is 0 Å². The van der Waals surface area contributed by atoms with Gasteiger partial charge in [0.05, 0.1) is 19.3 Å². The van der Waals surface area contributed by atoms with Crippen molar-refractivity contribution >= 4 is 5.91 Å². The summed E-state index contributed by atoms with van der Waals surface area (Å²) in [5, 5.41) is 4.75. The summed E-state index contributed by atoms with van der Waals surface area (Å²) in [6.45, 7) is 4.40. The first-order chi connectivity index (χ1) is 15.9. The monoisotopic (exact) mass is 451 g/mol. The van der Waals surface area contributed by atoms with E-state index in [1.54, 1.807) is 35.8 Å². The van der Waals surface area contributed by atoms with Crippen LogP contribution in [-0.2, 0) is 11.3 Å². The van der Waals surface area contributed by atoms with Crippen molar-refractivity contribution in [3.63, 3.8) is 0 Å². The molecule has 0 aliphatic carbocycles. The van der Waals surface area contributed by atoms with Crippen LogP contribution >= 0.6 is 0 Å². The average Bonchev–Trinajstić information content (AvgIpc) is 3.24. The Morgan fingerprint density at radius 2 is 1.76 bits per heavy atom. The molecule has 174 valence electrons. The van der Waals surface area contributed by atoms with Crippen LogP contribution in [0.1, 0.15) is 5.56 Å². The van der Waals surface area contributed by atoms with Crippen LogP contribution in [0.15, 0.2) is 54.7 Å². The number of ether oxygens (including phenoxy) is 1. The highest BCUT2D eigenvalue weighted by Crippen LogP contribution is 2.29. The number of para-hydroxylation sites is 1. The third kappa shape index (κ3) is 5.40. The van der Waals surface area contributed by atoms with Gasteiger partial charge >= 0.3 is 0 Å². The molecule has 2 heterocycles. The van der Waals surface area contributed by atoms with Gasteiger partial charge < -0.3 is 9.64 Å². The molecule has 0 spiro atoms. The second-order valence-corrected chi connectivity index (χ2v) is 8.47. The molecule has 0 unspecified atom stereocenters. The summed E-state index contributed by atoms with van der Waals surface area (Å²) in [5.41, 5.74) is 2.96. The molecule has 1 aliphatic rings. The lowest BCUT2D eigenvalue weighted by atomic mass is 10.1. The molecule has 1 amide bonds. The van der Waals surface area contributed by atoms with Gasteiger partial charge in [0.25, 0.3) is 0 Å². The quantitative estimate of drug-likeness (QED) is 0.553. The Kier molecular flexibility index (Phi) is 7.05. The zero-order valence-electron chi connectivity index (χ0n) is 19.4. The minimum atomic E-state index is -0.360. The number of hydrogen-bond acceptors (Lipinski definition) is 5. The Balaban J connectivity index is 1.56. The van der Waals surface area contributed by atoms with Crippen molar-refractivity contribution in [2.75, 3.05) is 53.9 Å². The molecule has 8 heteroatoms. The molecule has 2 aromatic carbocycles. The van der Waals surface area contributed by atoms with Crippen molar-refractivity contribution in [3.8, 4) is 22.7 Å². The summed E-state index contributed by atoms with van der Waals surface area (Å²) in [5.74, 6) is 0.231. The van der Waals surface area contributed by atoms with Gasteiger partial charge in [0.2, 0.25) is 5.91 Å². The largest absolute Gasteiger partial charge is 0.497 e. The van der Waals surface area contributed by atoms with Crippen molar-refractivity contribution in [1.82, 2.24) is 24.5 Å². The number of carbonyl (C=O) groups is 1. The summed E-state index contributed by atoms with van der Waals surface area (Å²) < 4.78 is 21.9. The number of nitrogens with zero attached hydrogens (tertiary/aromatic N) is 5. The van der Waals surface area contributed by atoms with Crippen LogP contribution in [0.5, 0.6) is 5.75 Å². The SMILES string of the molecule is COc1ccc(-c2nn(-c3ccccc3)cc2CN2CCN(CC(=O)N(C)C)CC2)c(F)c1. The highest BCUT2D eigenvalue weighted by molar-refractivity contribution is 5.77. The fourth-order valence-corrected chi connectivity index (χ4v) is 3.96. The molecule has 0 bridgehead atoms. The molecule has 0 saturated carbocycles. The van der Waals surface area contributed by atoms with Gasteiger partial charge in [0.1, 0.15) is 17.3 Å². The van der Waals surface area contributed by atoms with Gasteiger partial charge in [-0.2, -0.15) is 5.10 Å². The number of aromatic nitrogens is 2. The minimum Gasteiger partial charge on any atom is -0.497 e. The highest BCUT2D eigenvalue weighted by atomic mass is 19.1. The Hall–Kier alpha value is -3.23. The fourth-order valence-electron chi connectivity index (χ4n) is 3.96. The number of benzene rings is 2. The Morgan fingerprint density at radius 1 is 1.06 bits per heavy atom. The van der Waals surface area contributed by atoms with Crippen molar-refractivity contribution in [3.05, 3.63) is 66.1 Å². The molecule has 1 fully saturated rings. The van der Waals surface area contributed by atoms with Crippen molar-refractivity contribution < 1.29 is 13.9 Å². The van der Waals surface area contributed by atoms with E-state index in [2.05, 4.69) is 9.80 Å². The lowest BCUT2D eigenvalue weighted by molar-refractivity contribution is -0.130. The number of piperazine rings is 1. The van der Waals surface area contributed by atoms with Crippen LogP contribution in [-0.4, -0.2) is 84.3 Å². The van der Waals surface area contributed by atoms with Gasteiger partial charge in [-0.25, -0.2) is 9.07 Å². The number of amides is 1. The number of carbonyl (C=O) groups excluding carboxylic acids is 1. The van der Waals surface area contributed by atoms with Crippen LogP contribution in [0.3, 0.4) is 0 Å². The lowest BCUT2D eigenvalue weighted by Gasteiger charge is -2.34. The summed E-state index contributed by atoms with van der Waals surface area (Å²) >= 11 is 0. The summed E-state index contributed by atoms with van der Waals surface area (Å²) in [7, 11) is 5.08. The Bertz CT molecular complexity index is 1090. The van der Waals surface area contributed by atoms with Crippen molar-refractivity contribution in [2.45, 2.75) is 6.54 Å². The molecule has 0 radical (unpaired) electrons. The second kappa shape index (κ2) is 10.1. The molecule has 1 aromatic heterocycles. The molecule has 3 aromatic rings. The summed E-state index contributed by atoms with van der Waals surface area (Å²) in [4.78, 5) is 18.1. The third-order valence-electron chi connectivity index (χ3n) is 5.96. The first-order valence-corrected chi connectivity index (χ1v) is 11.1. The van der Waals surface area contributed by atoms with E-state index in [0.29, 0.717) is 30.1 Å². The predicted octanol–water partition coefficient (Wildman–Crippen LogP) is 2.89. The smallest absolute Gasteiger partial charge is 0.236 e. The van der Waals surface area contributed by atoms with Crippen LogP contribution in [0.4, 0.5) is 4.39 Å². The van der Waals surface area contributed by atoms with E-state index < -0.39 is 0 Å². The molecule has 1 aliphatic heterocycles. The van der Waals surface area contributed by atoms with Crippen LogP contribution in [0.2, 0.25) is 0 Å². The summed E-state index contributed by atoms with van der Waals surface area (Å²) in [6, 6.07) is 14.7. The Labute approximate surface area is 194 Å². The maximum atomic E-state index is 14.9. The lowest BCUT2D eigenvalue weighted by Crippen LogP contribution is -2.48. The number of rotatable bonds is 7. The predicted molar refractivity (Wildman–Crippen MR) is 126 cm³/mol. The first kappa shape index (κ1) is 22.9. The Morgan fingerprint density at radius 3 is 2.39 bits per heavy atom. The van der Waals surface area contributed by atoms with Gasteiger partial charge in [-0.3, -0.25) is 14.6 Å². The van der Waals surface area contributed by atoms with Gasteiger partial charge in [-0.05, 0) is 24.3 Å². The maximum absolute atomic E-state index is 14.9. The molecule has 33 heavy (non-hydrogen) atoms. The second-order valence-electron chi connectivity index (χ2n) is 8.47. The van der Waals surface area contributed by atoms with Crippen LogP contribution in [0.25, 0.3) is 16.9 Å². The number of hydrogen-bond donors (Lipinski definition) is 0. The zero-order valence-corrected chi connectivity index (χ0v) is 19.4. The first-order valence-electron chi connectivity index (χ1n) is 11.1. The number of likely N-dealkylation sites (N-methyl/N-ethyl adjacent to an activating group) is 1. The van der Waals surface area contributed by atoms with E-state index in [-0.39, 0.29) is 11.7 Å². The molecule has 0 N–H and O–H groups in total. The van der Waals surface area contributed by atoms with Gasteiger partial charge in [0.15, 0.2) is 0 Å². The molecular formula is C25H30FN5O2. The van der Waals surface area contributed by atoms with Gasteiger partial charge in [-0.1, -0.05) is 18.2 Å². The molecule has 4 rings (SSSR count). The molecule has 0 atom stereocenters. The van der Waals surface area contributed by atoms with Gasteiger partial charge in [0, 0.05) is 70.2 Å². The van der Waals surface area contributed by atoms with Crippen LogP contribution < -0.4 is 4.74 Å². The maximum Gasteiger partial charge on any atom is 0.236 e. The molecule has 1 saturated heterocycles. The summed E-state index contributed by atoms with van der Waals surface area (Å²) in [6.07, 6.45) is 1.98. The molecule has 7 nitrogen and oxygen atoms in total. The van der Waals surface area contributed by atoms with E-state index in [1.165, 1.54) is 13.2 Å². The van der Waals surface area contributed by atoms with Crippen LogP contribution in [0, 0.1) is 5.82 Å². The number of methoxy groups -OCH3 is 1. The normalized spacial score (nSPS) is 14.9. The van der Waals surface area contributed by atoms with E-state index in [0.717, 1.165) is 37.4 Å². The third-order valence-corrected chi connectivity index (χ3v) is 5.96. The fraction of sp³-hybridized carbons (Fsp3) is 0.360. The molecular weight excluding hydrogens is 421 g/mol. The van der Waals surface area contributed by atoms with E-state index in [1.807, 2.05) is 36.5 Å². The minimum absolute atomic E-state index is 0.116. The van der Waals surface area contributed by atoms with E-state index in [4.69, 9.17) is 9.84 Å². The highest BCUT2D eigenvalue weighted by Gasteiger charge is 2.23. The number of halogens is 1. The van der Waals surface area contributed by atoms with Crippen molar-refractivity contribution in [2.24, 2.45) is 0 Å². The van der Waals surface area contributed by atoms with Crippen molar-refractivity contribution in [1.29, 1.82) is 0 Å². The zero-order chi connectivity index (χ0) is 23.4. The van der Waals surface area contributed by atoms with E-state index in [9.17, 15) is 9.18 Å².